The first kappa shape index (κ1) is 14.3. The third-order valence-corrected chi connectivity index (χ3v) is 4.75. The van der Waals surface area contributed by atoms with E-state index in [0.717, 1.165) is 24.2 Å². The quantitative estimate of drug-likeness (QED) is 0.877. The molecule has 0 amide bonds. The predicted molar refractivity (Wildman–Crippen MR) is 84.0 cm³/mol. The van der Waals surface area contributed by atoms with Crippen LogP contribution in [0.1, 0.15) is 45.1 Å². The monoisotopic (exact) mass is 305 g/mol. The van der Waals surface area contributed by atoms with Crippen molar-refractivity contribution >= 4 is 17.3 Å². The van der Waals surface area contributed by atoms with Gasteiger partial charge in [0.25, 0.3) is 0 Å². The number of nitrogen functional groups attached to an aromatic ring is 1. The number of hydrogen-bond donors (Lipinski definition) is 1. The molecular formula is C15H20ClN5. The van der Waals surface area contributed by atoms with E-state index in [1.54, 1.807) is 6.07 Å². The summed E-state index contributed by atoms with van der Waals surface area (Å²) in [6.45, 7) is 2.24. The van der Waals surface area contributed by atoms with Gasteiger partial charge >= 0.3 is 0 Å². The highest BCUT2D eigenvalue weighted by atomic mass is 35.5. The van der Waals surface area contributed by atoms with E-state index in [-0.39, 0.29) is 0 Å². The molecule has 0 bridgehead atoms. The topological polar surface area (TPSA) is 69.6 Å². The molecule has 2 N–H and O–H groups in total. The fraction of sp³-hybridized carbons (Fsp3) is 0.533. The Morgan fingerprint density at radius 2 is 2.14 bits per heavy atom. The molecule has 0 aliphatic heterocycles. The highest BCUT2D eigenvalue weighted by molar-refractivity contribution is 6.33. The lowest BCUT2D eigenvalue weighted by atomic mass is 9.83. The molecule has 1 fully saturated rings. The van der Waals surface area contributed by atoms with Crippen LogP contribution in [0.4, 0.5) is 5.69 Å². The van der Waals surface area contributed by atoms with Crippen LogP contribution < -0.4 is 5.73 Å². The number of nitrogens with zero attached hydrogens (tertiary/aromatic N) is 4. The van der Waals surface area contributed by atoms with E-state index in [4.69, 9.17) is 17.3 Å². The van der Waals surface area contributed by atoms with Crippen molar-refractivity contribution in [3.8, 4) is 11.4 Å². The Labute approximate surface area is 129 Å². The normalized spacial score (nSPS) is 22.4. The minimum atomic E-state index is 0.363. The second kappa shape index (κ2) is 6.02. The first-order valence-electron chi connectivity index (χ1n) is 7.54. The average molecular weight is 306 g/mol. The summed E-state index contributed by atoms with van der Waals surface area (Å²) in [5.41, 5.74) is 7.25. The minimum absolute atomic E-state index is 0.363. The summed E-state index contributed by atoms with van der Waals surface area (Å²) < 4.78 is 1.96. The Balaban J connectivity index is 2.00. The van der Waals surface area contributed by atoms with Gasteiger partial charge in [0.05, 0.1) is 11.1 Å². The van der Waals surface area contributed by atoms with Crippen molar-refractivity contribution in [3.05, 3.63) is 23.2 Å². The van der Waals surface area contributed by atoms with Crippen LogP contribution in [0.2, 0.25) is 5.02 Å². The highest BCUT2D eigenvalue weighted by Gasteiger charge is 2.29. The van der Waals surface area contributed by atoms with E-state index in [1.807, 2.05) is 16.8 Å². The second-order valence-corrected chi connectivity index (χ2v) is 6.11. The standard InChI is InChI=1S/C15H20ClN5/c1-2-10-5-3-4-6-14(10)21-15(18-19-20-21)12-8-7-11(17)9-13(12)16/h7-10,14H,2-6,17H2,1H3. The highest BCUT2D eigenvalue weighted by Crippen LogP contribution is 2.38. The Morgan fingerprint density at radius 3 is 2.90 bits per heavy atom. The lowest BCUT2D eigenvalue weighted by Gasteiger charge is -2.31. The van der Waals surface area contributed by atoms with Crippen LogP contribution in [0.25, 0.3) is 11.4 Å². The first-order chi connectivity index (χ1) is 10.2. The van der Waals surface area contributed by atoms with Crippen LogP contribution in [-0.4, -0.2) is 20.2 Å². The molecule has 112 valence electrons. The van der Waals surface area contributed by atoms with Gasteiger partial charge in [0.2, 0.25) is 0 Å². The molecule has 1 aromatic heterocycles. The number of halogens is 1. The smallest absolute Gasteiger partial charge is 0.183 e. The maximum absolute atomic E-state index is 6.31. The summed E-state index contributed by atoms with van der Waals surface area (Å²) in [6, 6.07) is 5.83. The molecule has 0 spiro atoms. The van der Waals surface area contributed by atoms with Gasteiger partial charge in [-0.2, -0.15) is 0 Å². The number of tetrazole rings is 1. The zero-order valence-electron chi connectivity index (χ0n) is 12.2. The average Bonchev–Trinajstić information content (AvgIpc) is 2.96. The van der Waals surface area contributed by atoms with Gasteiger partial charge in [-0.3, -0.25) is 0 Å². The van der Waals surface area contributed by atoms with Crippen molar-refractivity contribution in [2.24, 2.45) is 5.92 Å². The predicted octanol–water partition coefficient (Wildman–Crippen LogP) is 3.72. The summed E-state index contributed by atoms with van der Waals surface area (Å²) in [5.74, 6) is 1.37. The van der Waals surface area contributed by atoms with Gasteiger partial charge in [-0.15, -0.1) is 5.10 Å². The Kier molecular flexibility index (Phi) is 4.10. The van der Waals surface area contributed by atoms with E-state index >= 15 is 0 Å². The molecule has 0 saturated heterocycles. The number of benzene rings is 1. The molecule has 21 heavy (non-hydrogen) atoms. The van der Waals surface area contributed by atoms with E-state index in [0.29, 0.717) is 22.7 Å². The van der Waals surface area contributed by atoms with E-state index < -0.39 is 0 Å². The van der Waals surface area contributed by atoms with Gasteiger partial charge in [-0.1, -0.05) is 37.8 Å². The van der Waals surface area contributed by atoms with Crippen LogP contribution >= 0.6 is 11.6 Å². The maximum atomic E-state index is 6.31. The molecule has 1 aliphatic rings. The zero-order valence-corrected chi connectivity index (χ0v) is 12.9. The van der Waals surface area contributed by atoms with Gasteiger partial charge in [0.15, 0.2) is 5.82 Å². The number of aromatic nitrogens is 4. The van der Waals surface area contributed by atoms with Gasteiger partial charge in [-0.25, -0.2) is 4.68 Å². The molecule has 5 nitrogen and oxygen atoms in total. The maximum Gasteiger partial charge on any atom is 0.183 e. The third-order valence-electron chi connectivity index (χ3n) is 4.43. The number of hydrogen-bond acceptors (Lipinski definition) is 4. The molecule has 1 aliphatic carbocycles. The largest absolute Gasteiger partial charge is 0.399 e. The van der Waals surface area contributed by atoms with E-state index in [1.165, 1.54) is 19.3 Å². The fourth-order valence-corrected chi connectivity index (χ4v) is 3.57. The van der Waals surface area contributed by atoms with E-state index in [9.17, 15) is 0 Å². The summed E-state index contributed by atoms with van der Waals surface area (Å²) in [6.07, 6.45) is 6.06. The molecule has 1 aromatic carbocycles. The van der Waals surface area contributed by atoms with Crippen molar-refractivity contribution in [1.29, 1.82) is 0 Å². The number of rotatable bonds is 3. The van der Waals surface area contributed by atoms with Crippen LogP contribution in [0.5, 0.6) is 0 Å². The van der Waals surface area contributed by atoms with Crippen LogP contribution in [0, 0.1) is 5.92 Å². The molecule has 1 heterocycles. The first-order valence-corrected chi connectivity index (χ1v) is 7.91. The van der Waals surface area contributed by atoms with Crippen molar-refractivity contribution in [3.63, 3.8) is 0 Å². The molecule has 1 saturated carbocycles. The summed E-state index contributed by atoms with van der Waals surface area (Å²) >= 11 is 6.31. The molecule has 0 radical (unpaired) electrons. The molecule has 6 heteroatoms. The van der Waals surface area contributed by atoms with Gasteiger partial charge < -0.3 is 5.73 Å². The van der Waals surface area contributed by atoms with Gasteiger partial charge in [0, 0.05) is 11.3 Å². The van der Waals surface area contributed by atoms with Crippen LogP contribution in [-0.2, 0) is 0 Å². The molecule has 3 rings (SSSR count). The van der Waals surface area contributed by atoms with Crippen molar-refractivity contribution in [1.82, 2.24) is 20.2 Å². The second-order valence-electron chi connectivity index (χ2n) is 5.71. The van der Waals surface area contributed by atoms with E-state index in [2.05, 4.69) is 22.4 Å². The van der Waals surface area contributed by atoms with Gasteiger partial charge in [-0.05, 0) is 47.4 Å². The molecule has 2 aromatic rings. The van der Waals surface area contributed by atoms with Crippen molar-refractivity contribution in [2.45, 2.75) is 45.1 Å². The summed E-state index contributed by atoms with van der Waals surface area (Å²) in [4.78, 5) is 0. The minimum Gasteiger partial charge on any atom is -0.399 e. The Morgan fingerprint density at radius 1 is 1.33 bits per heavy atom. The lowest BCUT2D eigenvalue weighted by Crippen LogP contribution is -2.24. The van der Waals surface area contributed by atoms with Crippen molar-refractivity contribution < 1.29 is 0 Å². The fourth-order valence-electron chi connectivity index (χ4n) is 3.29. The Hall–Kier alpha value is -1.62. The molecule has 2 atom stereocenters. The summed E-state index contributed by atoms with van der Waals surface area (Å²) in [5, 5.41) is 12.9. The van der Waals surface area contributed by atoms with Crippen molar-refractivity contribution in [2.75, 3.05) is 5.73 Å². The zero-order chi connectivity index (χ0) is 14.8. The molecular weight excluding hydrogens is 286 g/mol. The van der Waals surface area contributed by atoms with Gasteiger partial charge in [0.1, 0.15) is 0 Å². The number of anilines is 1. The summed E-state index contributed by atoms with van der Waals surface area (Å²) in [7, 11) is 0. The Bertz CT molecular complexity index is 624. The molecule has 2 unspecified atom stereocenters. The van der Waals surface area contributed by atoms with Crippen LogP contribution in [0.15, 0.2) is 18.2 Å². The number of nitrogens with two attached hydrogens (primary N) is 1. The SMILES string of the molecule is CCC1CCCCC1n1nnnc1-c1ccc(N)cc1Cl. The van der Waals surface area contributed by atoms with Crippen LogP contribution in [0.3, 0.4) is 0 Å². The lowest BCUT2D eigenvalue weighted by molar-refractivity contribution is 0.216. The third kappa shape index (κ3) is 2.75.